The smallest absolute Gasteiger partial charge is 0.276 e. The molecule has 2 aromatic carbocycles. The summed E-state index contributed by atoms with van der Waals surface area (Å²) < 4.78 is 13.8. The molecule has 176 valence electrons. The van der Waals surface area contributed by atoms with Gasteiger partial charge in [0.05, 0.1) is 6.61 Å². The molecular formula is C27H32FNO3S. The van der Waals surface area contributed by atoms with Gasteiger partial charge in [-0.25, -0.2) is 4.39 Å². The van der Waals surface area contributed by atoms with Crippen LogP contribution in [0.2, 0.25) is 0 Å². The first kappa shape index (κ1) is 23.8. The third-order valence-corrected chi connectivity index (χ3v) is 8.98. The number of hydrogen-bond donors (Lipinski definition) is 0. The van der Waals surface area contributed by atoms with Crippen molar-refractivity contribution in [1.29, 1.82) is 0 Å². The SMILES string of the molecule is CCON1C(=O)C(=O)S(=Cc2cccc(F)c2)C1c1cc2c(cc1C)C(C)(C)CCC2(C)C. The van der Waals surface area contributed by atoms with Crippen LogP contribution in [0.3, 0.4) is 0 Å². The molecule has 2 aromatic rings. The minimum atomic E-state index is -1.12. The lowest BCUT2D eigenvalue weighted by atomic mass is 9.62. The van der Waals surface area contributed by atoms with E-state index in [9.17, 15) is 14.0 Å². The molecule has 0 aromatic heterocycles. The van der Waals surface area contributed by atoms with E-state index in [1.165, 1.54) is 28.3 Å². The van der Waals surface area contributed by atoms with Crippen molar-refractivity contribution in [1.82, 2.24) is 5.06 Å². The highest BCUT2D eigenvalue weighted by atomic mass is 32.2. The highest BCUT2D eigenvalue weighted by Gasteiger charge is 2.46. The lowest BCUT2D eigenvalue weighted by Crippen LogP contribution is -2.35. The summed E-state index contributed by atoms with van der Waals surface area (Å²) in [5.74, 6) is -1.02. The van der Waals surface area contributed by atoms with Gasteiger partial charge in [-0.1, -0.05) is 62.4 Å². The summed E-state index contributed by atoms with van der Waals surface area (Å²) in [7, 11) is -1.12. The predicted octanol–water partition coefficient (Wildman–Crippen LogP) is 5.92. The summed E-state index contributed by atoms with van der Waals surface area (Å²) in [5.41, 5.74) is 5.17. The largest absolute Gasteiger partial charge is 0.325 e. The van der Waals surface area contributed by atoms with E-state index in [0.29, 0.717) is 5.56 Å². The zero-order chi connectivity index (χ0) is 24.1. The van der Waals surface area contributed by atoms with Crippen LogP contribution in [-0.2, 0) is 25.3 Å². The van der Waals surface area contributed by atoms with E-state index in [0.717, 1.165) is 24.0 Å². The van der Waals surface area contributed by atoms with Gasteiger partial charge in [-0.3, -0.25) is 14.4 Å². The van der Waals surface area contributed by atoms with E-state index in [4.69, 9.17) is 4.84 Å². The highest BCUT2D eigenvalue weighted by molar-refractivity contribution is 8.29. The van der Waals surface area contributed by atoms with Crippen LogP contribution in [0.1, 0.15) is 80.7 Å². The molecule has 1 amide bonds. The Labute approximate surface area is 198 Å². The summed E-state index contributed by atoms with van der Waals surface area (Å²) in [5, 5.41) is 1.89. The fourth-order valence-electron chi connectivity index (χ4n) is 4.88. The molecule has 2 aliphatic rings. The van der Waals surface area contributed by atoms with Crippen molar-refractivity contribution in [3.05, 3.63) is 70.0 Å². The molecule has 1 fully saturated rings. The Kier molecular flexibility index (Phi) is 6.12. The number of carbonyl (C=O) groups is 2. The van der Waals surface area contributed by atoms with Gasteiger partial charge in [0.2, 0.25) is 0 Å². The Hall–Kier alpha value is -2.31. The summed E-state index contributed by atoms with van der Waals surface area (Å²) in [6.45, 7) is 13.2. The zero-order valence-corrected chi connectivity index (χ0v) is 21.0. The molecule has 1 saturated heterocycles. The van der Waals surface area contributed by atoms with Crippen molar-refractivity contribution < 1.29 is 18.8 Å². The fourth-order valence-corrected chi connectivity index (χ4v) is 6.94. The first-order chi connectivity index (χ1) is 15.5. The summed E-state index contributed by atoms with van der Waals surface area (Å²) in [6, 6.07) is 10.5. The maximum absolute atomic E-state index is 13.8. The highest BCUT2D eigenvalue weighted by Crippen LogP contribution is 2.51. The number of rotatable bonds is 4. The topological polar surface area (TPSA) is 46.6 Å². The predicted molar refractivity (Wildman–Crippen MR) is 132 cm³/mol. The number of halogens is 1. The van der Waals surface area contributed by atoms with Gasteiger partial charge in [0.15, 0.2) is 0 Å². The van der Waals surface area contributed by atoms with Crippen LogP contribution in [0.5, 0.6) is 0 Å². The van der Waals surface area contributed by atoms with E-state index >= 15 is 0 Å². The van der Waals surface area contributed by atoms with Gasteiger partial charge in [-0.05, 0) is 82.8 Å². The molecule has 0 N–H and O–H groups in total. The lowest BCUT2D eigenvalue weighted by molar-refractivity contribution is -0.185. The molecular weight excluding hydrogens is 437 g/mol. The molecule has 0 spiro atoms. The summed E-state index contributed by atoms with van der Waals surface area (Å²) >= 11 is 0. The number of hydrogen-bond acceptors (Lipinski definition) is 3. The molecule has 6 heteroatoms. The van der Waals surface area contributed by atoms with Crippen LogP contribution in [0, 0.1) is 12.7 Å². The third-order valence-electron chi connectivity index (χ3n) is 6.93. The quantitative estimate of drug-likeness (QED) is 0.412. The lowest BCUT2D eigenvalue weighted by Gasteiger charge is -2.43. The van der Waals surface area contributed by atoms with Gasteiger partial charge >= 0.3 is 5.91 Å². The van der Waals surface area contributed by atoms with Crippen LogP contribution in [0.4, 0.5) is 4.39 Å². The van der Waals surface area contributed by atoms with Crippen LogP contribution < -0.4 is 0 Å². The van der Waals surface area contributed by atoms with E-state index in [2.05, 4.69) is 39.8 Å². The van der Waals surface area contributed by atoms with Crippen LogP contribution in [0.25, 0.3) is 0 Å². The van der Waals surface area contributed by atoms with E-state index in [-0.39, 0.29) is 23.3 Å². The second-order valence-corrected chi connectivity index (χ2v) is 12.1. The second-order valence-electron chi connectivity index (χ2n) is 10.3. The van der Waals surface area contributed by atoms with Crippen molar-refractivity contribution in [2.75, 3.05) is 6.61 Å². The average Bonchev–Trinajstić information content (AvgIpc) is 2.96. The number of carbonyl (C=O) groups excluding carboxylic acids is 2. The van der Waals surface area contributed by atoms with E-state index < -0.39 is 26.9 Å². The van der Waals surface area contributed by atoms with Crippen molar-refractivity contribution in [2.45, 2.75) is 70.6 Å². The minimum absolute atomic E-state index is 0.0126. The molecule has 0 saturated carbocycles. The van der Waals surface area contributed by atoms with Gasteiger partial charge in [0.25, 0.3) is 5.12 Å². The van der Waals surface area contributed by atoms with Crippen LogP contribution in [0.15, 0.2) is 36.4 Å². The number of fused-ring (bicyclic) bond motifs is 1. The maximum atomic E-state index is 13.8. The molecule has 1 aliphatic carbocycles. The van der Waals surface area contributed by atoms with Crippen LogP contribution in [-0.4, -0.2) is 28.1 Å². The number of benzene rings is 2. The third kappa shape index (κ3) is 4.19. The van der Waals surface area contributed by atoms with E-state index in [1.54, 1.807) is 24.4 Å². The molecule has 2 unspecified atom stereocenters. The monoisotopic (exact) mass is 469 g/mol. The minimum Gasteiger partial charge on any atom is -0.276 e. The molecule has 1 heterocycles. The van der Waals surface area contributed by atoms with Crippen LogP contribution >= 0.6 is 10.5 Å². The van der Waals surface area contributed by atoms with Crippen molar-refractivity contribution in [3.63, 3.8) is 0 Å². The van der Waals surface area contributed by atoms with Gasteiger partial charge in [-0.2, -0.15) is 5.06 Å². The Balaban J connectivity index is 1.93. The van der Waals surface area contributed by atoms with Crippen molar-refractivity contribution in [2.24, 2.45) is 0 Å². The molecule has 4 nitrogen and oxygen atoms in total. The van der Waals surface area contributed by atoms with Gasteiger partial charge in [0, 0.05) is 0 Å². The fraction of sp³-hybridized carbons (Fsp3) is 0.444. The maximum Gasteiger partial charge on any atom is 0.325 e. The standard InChI is InChI=1S/C27H32FNO3S/c1-7-32-29-23(30)25(31)33(16-18-9-8-10-19(28)14-18)24(29)20-15-22-21(13-17(20)2)26(3,4)11-12-27(22,5)6/h8-10,13-16,24H,7,11-12H2,1-6H3. The van der Waals surface area contributed by atoms with Gasteiger partial charge in [0.1, 0.15) is 11.2 Å². The molecule has 0 bridgehead atoms. The molecule has 33 heavy (non-hydrogen) atoms. The molecule has 2 atom stereocenters. The first-order valence-corrected chi connectivity index (χ1v) is 12.8. The molecule has 1 aliphatic heterocycles. The number of aryl methyl sites for hydroxylation is 1. The van der Waals surface area contributed by atoms with Gasteiger partial charge < -0.3 is 0 Å². The number of hydroxylamine groups is 2. The Morgan fingerprint density at radius 1 is 1.09 bits per heavy atom. The normalized spacial score (nSPS) is 23.8. The second kappa shape index (κ2) is 8.48. The molecule has 4 rings (SSSR count). The Bertz CT molecular complexity index is 1170. The number of amides is 1. The summed E-state index contributed by atoms with van der Waals surface area (Å²) in [4.78, 5) is 31.8. The first-order valence-electron chi connectivity index (χ1n) is 11.4. The zero-order valence-electron chi connectivity index (χ0n) is 20.2. The average molecular weight is 470 g/mol. The van der Waals surface area contributed by atoms with E-state index in [1.807, 2.05) is 6.92 Å². The van der Waals surface area contributed by atoms with Crippen molar-refractivity contribution >= 4 is 26.9 Å². The summed E-state index contributed by atoms with van der Waals surface area (Å²) in [6.07, 6.45) is 2.17. The number of nitrogens with zero attached hydrogens (tertiary/aromatic N) is 1. The van der Waals surface area contributed by atoms with Gasteiger partial charge in [-0.15, -0.1) is 0 Å². The molecule has 0 radical (unpaired) electrons. The Morgan fingerprint density at radius 2 is 1.73 bits per heavy atom. The van der Waals surface area contributed by atoms with Crippen molar-refractivity contribution in [3.8, 4) is 0 Å². The Morgan fingerprint density at radius 3 is 2.33 bits per heavy atom.